The third-order valence-electron chi connectivity index (χ3n) is 4.94. The number of nitrogens with zero attached hydrogens (tertiary/aromatic N) is 2. The first kappa shape index (κ1) is 25.3. The highest BCUT2D eigenvalue weighted by atomic mass is 16.6. The Hall–Kier alpha value is -3.93. The van der Waals surface area contributed by atoms with Crippen LogP contribution >= 0.6 is 0 Å². The van der Waals surface area contributed by atoms with Crippen LogP contribution in [0.5, 0.6) is 0 Å². The lowest BCUT2D eigenvalue weighted by atomic mass is 10.00. The fourth-order valence-corrected chi connectivity index (χ4v) is 3.20. The van der Waals surface area contributed by atoms with Gasteiger partial charge in [-0.1, -0.05) is 83.1 Å². The maximum absolute atomic E-state index is 8.95. The van der Waals surface area contributed by atoms with Crippen molar-refractivity contribution in [1.29, 1.82) is 0 Å². The Morgan fingerprint density at radius 1 is 0.818 bits per heavy atom. The molecule has 3 rings (SSSR count). The molecule has 0 aliphatic heterocycles. The monoisotopic (exact) mass is 446 g/mol. The van der Waals surface area contributed by atoms with Crippen LogP contribution in [0.4, 0.5) is 0 Å². The average Bonchev–Trinajstić information content (AvgIpc) is 2.85. The van der Waals surface area contributed by atoms with E-state index in [1.807, 2.05) is 44.2 Å². The first-order valence-electron chi connectivity index (χ1n) is 10.5. The van der Waals surface area contributed by atoms with Gasteiger partial charge in [-0.05, 0) is 43.0 Å². The first-order valence-corrected chi connectivity index (χ1v) is 10.5. The number of rotatable bonds is 8. The Kier molecular flexibility index (Phi) is 10.3. The van der Waals surface area contributed by atoms with E-state index in [9.17, 15) is 0 Å². The Bertz CT molecular complexity index is 1080. The Balaban J connectivity index is 0.000000890. The van der Waals surface area contributed by atoms with Gasteiger partial charge in [-0.2, -0.15) is 0 Å². The highest BCUT2D eigenvalue weighted by molar-refractivity contribution is 6.00. The van der Waals surface area contributed by atoms with Crippen molar-refractivity contribution in [2.24, 2.45) is 10.3 Å². The molecule has 0 unspecified atom stereocenters. The number of benzene rings is 3. The molecule has 33 heavy (non-hydrogen) atoms. The van der Waals surface area contributed by atoms with Crippen LogP contribution in [0.15, 0.2) is 83.1 Å². The normalized spacial score (nSPS) is 11.2. The lowest BCUT2D eigenvalue weighted by molar-refractivity contribution is -0.126. The highest BCUT2D eigenvalue weighted by Gasteiger charge is 2.10. The predicted molar refractivity (Wildman–Crippen MR) is 132 cm³/mol. The summed E-state index contributed by atoms with van der Waals surface area (Å²) in [5.41, 5.74) is 8.26. The number of methoxy groups -OCH3 is 1. The van der Waals surface area contributed by atoms with Crippen LogP contribution in [0.2, 0.25) is 0 Å². The van der Waals surface area contributed by atoms with E-state index in [4.69, 9.17) is 14.5 Å². The Morgan fingerprint density at radius 2 is 1.45 bits per heavy atom. The number of oxime groups is 2. The van der Waals surface area contributed by atoms with Gasteiger partial charge in [0.25, 0.3) is 6.47 Å². The van der Waals surface area contributed by atoms with Gasteiger partial charge in [-0.15, -0.1) is 0 Å². The van der Waals surface area contributed by atoms with Crippen molar-refractivity contribution in [2.75, 3.05) is 14.2 Å². The summed E-state index contributed by atoms with van der Waals surface area (Å²) in [6.45, 7) is 6.68. The molecule has 6 nitrogen and oxygen atoms in total. The van der Waals surface area contributed by atoms with E-state index in [1.165, 1.54) is 18.2 Å². The molecular formula is C27H30N2O4. The predicted octanol–water partition coefficient (Wildman–Crippen LogP) is 5.76. The van der Waals surface area contributed by atoms with Crippen molar-refractivity contribution in [2.45, 2.75) is 27.4 Å². The van der Waals surface area contributed by atoms with E-state index < -0.39 is 0 Å². The highest BCUT2D eigenvalue weighted by Crippen LogP contribution is 2.20. The number of hydrogen-bond donors (Lipinski definition) is 0. The molecule has 0 aliphatic rings. The Morgan fingerprint density at radius 3 is 2.06 bits per heavy atom. The maximum atomic E-state index is 8.95. The first-order chi connectivity index (χ1) is 16.0. The molecule has 3 aromatic rings. The van der Waals surface area contributed by atoms with E-state index in [2.05, 4.69) is 64.4 Å². The minimum Gasteiger partial charge on any atom is -0.471 e. The second-order valence-electron chi connectivity index (χ2n) is 7.19. The summed E-state index contributed by atoms with van der Waals surface area (Å²) in [7, 11) is 2.86. The van der Waals surface area contributed by atoms with Crippen LogP contribution < -0.4 is 0 Å². The van der Waals surface area contributed by atoms with E-state index in [0.717, 1.165) is 33.7 Å². The molecular weight excluding hydrogens is 416 g/mol. The molecule has 0 saturated heterocycles. The van der Waals surface area contributed by atoms with Crippen molar-refractivity contribution in [1.82, 2.24) is 0 Å². The van der Waals surface area contributed by atoms with Crippen LogP contribution in [-0.2, 0) is 25.8 Å². The zero-order valence-electron chi connectivity index (χ0n) is 19.7. The van der Waals surface area contributed by atoms with Crippen molar-refractivity contribution in [3.63, 3.8) is 0 Å². The van der Waals surface area contributed by atoms with Crippen LogP contribution in [0.3, 0.4) is 0 Å². The molecule has 0 atom stereocenters. The lowest BCUT2D eigenvalue weighted by Crippen LogP contribution is -2.05. The number of aryl methyl sites for hydroxylation is 1. The van der Waals surface area contributed by atoms with Gasteiger partial charge in [0.1, 0.15) is 13.7 Å². The zero-order valence-corrected chi connectivity index (χ0v) is 19.7. The molecule has 0 radical (unpaired) electrons. The van der Waals surface area contributed by atoms with Gasteiger partial charge in [0.15, 0.2) is 0 Å². The fraction of sp³-hybridized carbons (Fsp3) is 0.222. The molecule has 0 fully saturated rings. The van der Waals surface area contributed by atoms with E-state index in [0.29, 0.717) is 13.1 Å². The van der Waals surface area contributed by atoms with Gasteiger partial charge in [0.05, 0.1) is 18.5 Å². The summed E-state index contributed by atoms with van der Waals surface area (Å²) < 4.78 is 3.86. The second kappa shape index (κ2) is 13.5. The molecule has 0 N–H and O–H groups in total. The zero-order chi connectivity index (χ0) is 24.1. The third kappa shape index (κ3) is 7.61. The molecule has 0 heterocycles. The largest absolute Gasteiger partial charge is 0.471 e. The summed E-state index contributed by atoms with van der Waals surface area (Å²) in [5.74, 6) is 0. The van der Waals surface area contributed by atoms with Crippen LogP contribution in [0, 0.1) is 6.92 Å². The number of carbonyl (C=O) groups is 1. The van der Waals surface area contributed by atoms with E-state index in [-0.39, 0.29) is 0 Å². The third-order valence-corrected chi connectivity index (χ3v) is 4.94. The molecule has 0 spiro atoms. The number of carbonyl (C=O) groups excluding carboxylic acids is 1. The van der Waals surface area contributed by atoms with Crippen molar-refractivity contribution >= 4 is 17.9 Å². The molecule has 0 bridgehead atoms. The van der Waals surface area contributed by atoms with E-state index in [1.54, 1.807) is 7.11 Å². The summed E-state index contributed by atoms with van der Waals surface area (Å²) in [6.07, 6.45) is 0. The standard InChI is InChI=1S/C25H26N2O2.C2H4O2/c1-18-9-8-12-24(20(3)26-28-4)25(18)17-29-27-19(2)21-13-15-23(16-14-21)22-10-6-5-7-11-22;1-4-2-3/h5-16H,17H2,1-4H3;2H,1H3/b26-20-,27-19+;. The lowest BCUT2D eigenvalue weighted by Gasteiger charge is -2.11. The van der Waals surface area contributed by atoms with Crippen LogP contribution in [-0.4, -0.2) is 32.1 Å². The van der Waals surface area contributed by atoms with Gasteiger partial charge in [0.2, 0.25) is 0 Å². The van der Waals surface area contributed by atoms with Crippen LogP contribution in [0.1, 0.15) is 36.1 Å². The molecule has 0 saturated carbocycles. The number of ether oxygens (including phenoxy) is 1. The average molecular weight is 447 g/mol. The molecule has 3 aromatic carbocycles. The van der Waals surface area contributed by atoms with Crippen molar-refractivity contribution in [3.8, 4) is 11.1 Å². The SMILES string of the molecule is CO/N=C(/C)c1cccc(C)c1CO/N=C(\C)c1ccc(-c2ccccc2)cc1.COC=O. The van der Waals surface area contributed by atoms with E-state index >= 15 is 0 Å². The van der Waals surface area contributed by atoms with Crippen molar-refractivity contribution in [3.05, 3.63) is 95.1 Å². The summed E-state index contributed by atoms with van der Waals surface area (Å²) in [4.78, 5) is 19.6. The summed E-state index contributed by atoms with van der Waals surface area (Å²) in [6, 6.07) is 24.7. The molecule has 0 aromatic heterocycles. The molecule has 0 amide bonds. The van der Waals surface area contributed by atoms with Gasteiger partial charge >= 0.3 is 0 Å². The van der Waals surface area contributed by atoms with Crippen molar-refractivity contribution < 1.29 is 19.2 Å². The molecule has 0 aliphatic carbocycles. The van der Waals surface area contributed by atoms with Gasteiger partial charge in [-0.25, -0.2) is 0 Å². The molecule has 6 heteroatoms. The minimum atomic E-state index is 0.373. The summed E-state index contributed by atoms with van der Waals surface area (Å²) >= 11 is 0. The van der Waals surface area contributed by atoms with Gasteiger partial charge in [-0.3, -0.25) is 4.79 Å². The fourth-order valence-electron chi connectivity index (χ4n) is 3.20. The Labute approximate surface area is 195 Å². The summed E-state index contributed by atoms with van der Waals surface area (Å²) in [5, 5.41) is 8.37. The van der Waals surface area contributed by atoms with Gasteiger partial charge < -0.3 is 14.4 Å². The molecule has 172 valence electrons. The quantitative estimate of drug-likeness (QED) is 0.250. The smallest absolute Gasteiger partial charge is 0.292 e. The van der Waals surface area contributed by atoms with Gasteiger partial charge in [0, 0.05) is 11.1 Å². The maximum Gasteiger partial charge on any atom is 0.292 e. The number of hydrogen-bond acceptors (Lipinski definition) is 6. The van der Waals surface area contributed by atoms with Crippen LogP contribution in [0.25, 0.3) is 11.1 Å². The topological polar surface area (TPSA) is 69.5 Å². The minimum absolute atomic E-state index is 0.373. The second-order valence-corrected chi connectivity index (χ2v) is 7.19.